The number of esters is 1. The maximum Gasteiger partial charge on any atom is 0.349 e. The van der Waals surface area contributed by atoms with Gasteiger partial charge in [0.2, 0.25) is 5.60 Å². The number of hydrogen-bond acceptors (Lipinski definition) is 8. The van der Waals surface area contributed by atoms with Crippen molar-refractivity contribution in [1.29, 1.82) is 0 Å². The highest BCUT2D eigenvalue weighted by atomic mass is 32.1. The first-order valence-corrected chi connectivity index (χ1v) is 16.3. The van der Waals surface area contributed by atoms with Crippen LogP contribution in [0.25, 0.3) is 11.0 Å². The molecule has 2 aliphatic carbocycles. The van der Waals surface area contributed by atoms with Gasteiger partial charge in [-0.05, 0) is 113 Å². The highest BCUT2D eigenvalue weighted by Crippen LogP contribution is 2.39. The van der Waals surface area contributed by atoms with Gasteiger partial charge in [-0.1, -0.05) is 6.07 Å². The number of rotatable bonds is 10. The van der Waals surface area contributed by atoms with Crippen LogP contribution in [0.1, 0.15) is 74.6 Å². The number of thiophene rings is 2. The number of benzene rings is 1. The molecule has 3 heterocycles. The molecule has 216 valence electrons. The van der Waals surface area contributed by atoms with Gasteiger partial charge in [0.25, 0.3) is 0 Å². The molecule has 1 aromatic carbocycles. The molecule has 41 heavy (non-hydrogen) atoms. The number of aryl methyl sites for hydroxylation is 3. The summed E-state index contributed by atoms with van der Waals surface area (Å²) in [6.45, 7) is 3.84. The van der Waals surface area contributed by atoms with Gasteiger partial charge in [0.15, 0.2) is 0 Å². The Bertz CT molecular complexity index is 1530. The Morgan fingerprint density at radius 2 is 2.00 bits per heavy atom. The van der Waals surface area contributed by atoms with E-state index in [0.717, 1.165) is 86.7 Å². The van der Waals surface area contributed by atoms with Gasteiger partial charge in [-0.2, -0.15) is 0 Å². The maximum atomic E-state index is 13.4. The molecule has 4 aromatic rings. The van der Waals surface area contributed by atoms with E-state index in [4.69, 9.17) is 4.74 Å². The molecule has 1 fully saturated rings. The molecule has 0 saturated heterocycles. The summed E-state index contributed by atoms with van der Waals surface area (Å²) in [4.78, 5) is 34.3. The molecule has 3 aromatic heterocycles. The monoisotopic (exact) mass is 591 g/mol. The summed E-state index contributed by atoms with van der Waals surface area (Å²) in [6.07, 6.45) is 10.3. The van der Waals surface area contributed by atoms with E-state index >= 15 is 0 Å². The molecule has 2 aliphatic rings. The van der Waals surface area contributed by atoms with Crippen LogP contribution in [0.5, 0.6) is 0 Å². The molecular formula is C32H37N3O4S2. The molecule has 0 radical (unpaired) electrons. The fraction of sp³-hybridized carbons (Fsp3) is 0.469. The van der Waals surface area contributed by atoms with Crippen LogP contribution in [-0.4, -0.2) is 57.6 Å². The Morgan fingerprint density at radius 1 is 1.20 bits per heavy atom. The van der Waals surface area contributed by atoms with Gasteiger partial charge in [-0.15, -0.1) is 22.7 Å². The fourth-order valence-electron chi connectivity index (χ4n) is 6.61. The zero-order chi connectivity index (χ0) is 28.6. The van der Waals surface area contributed by atoms with Gasteiger partial charge in [0, 0.05) is 23.0 Å². The van der Waals surface area contributed by atoms with Gasteiger partial charge >= 0.3 is 5.97 Å². The van der Waals surface area contributed by atoms with Gasteiger partial charge in [-0.3, -0.25) is 4.79 Å². The highest BCUT2D eigenvalue weighted by Gasteiger charge is 2.45. The SMILES string of the molecule is Cc1ccc([C@](O)(C(=O)OC2CCC(N(C)CCCn3cnc4cc(C=O)c5c(c43)CCC5)CC2)c2cccs2)s1. The van der Waals surface area contributed by atoms with Crippen molar-refractivity contribution in [2.24, 2.45) is 0 Å². The number of ether oxygens (including phenoxy) is 1. The first-order chi connectivity index (χ1) is 19.9. The van der Waals surface area contributed by atoms with Crippen molar-refractivity contribution in [2.75, 3.05) is 13.6 Å². The van der Waals surface area contributed by atoms with Crippen LogP contribution in [0.15, 0.2) is 42.0 Å². The standard InChI is InChI=1S/C32H37N3O4S2/c1-21-9-14-29(41-21)32(38,28-8-4-17-40-28)31(37)39-24-12-10-23(11-13-24)34(2)15-5-16-35-20-33-27-18-22(19-36)25-6-3-7-26(25)30(27)35/h4,8-9,14,17-20,23-24,38H,3,5-7,10-13,15-16H2,1-2H3/t23?,24?,32-/m0/s1. The molecule has 6 rings (SSSR count). The Kier molecular flexibility index (Phi) is 8.14. The van der Waals surface area contributed by atoms with Crippen molar-refractivity contribution in [1.82, 2.24) is 14.5 Å². The largest absolute Gasteiger partial charge is 0.460 e. The zero-order valence-corrected chi connectivity index (χ0v) is 25.3. The molecule has 9 heteroatoms. The number of nitrogens with zero attached hydrogens (tertiary/aromatic N) is 3. The first-order valence-electron chi connectivity index (χ1n) is 14.6. The number of aldehydes is 1. The van der Waals surface area contributed by atoms with Crippen molar-refractivity contribution >= 4 is 46.0 Å². The Morgan fingerprint density at radius 3 is 2.71 bits per heavy atom. The van der Waals surface area contributed by atoms with Crippen molar-refractivity contribution < 1.29 is 19.4 Å². The lowest BCUT2D eigenvalue weighted by molar-refractivity contribution is -0.169. The molecule has 1 atom stereocenters. The molecule has 1 N–H and O–H groups in total. The highest BCUT2D eigenvalue weighted by molar-refractivity contribution is 7.13. The lowest BCUT2D eigenvalue weighted by Gasteiger charge is -2.35. The van der Waals surface area contributed by atoms with Crippen molar-refractivity contribution in [3.8, 4) is 0 Å². The number of aromatic nitrogens is 2. The number of fused-ring (bicyclic) bond motifs is 3. The third-order valence-electron chi connectivity index (χ3n) is 8.86. The Labute approximate surface area is 248 Å². The van der Waals surface area contributed by atoms with Gasteiger partial charge in [0.1, 0.15) is 12.4 Å². The maximum absolute atomic E-state index is 13.4. The van der Waals surface area contributed by atoms with Crippen LogP contribution in [0.2, 0.25) is 0 Å². The van der Waals surface area contributed by atoms with E-state index in [1.807, 2.05) is 42.9 Å². The molecule has 0 amide bonds. The quantitative estimate of drug-likeness (QED) is 0.183. The summed E-state index contributed by atoms with van der Waals surface area (Å²) in [7, 11) is 2.19. The molecule has 0 spiro atoms. The second-order valence-corrected chi connectivity index (χ2v) is 13.7. The summed E-state index contributed by atoms with van der Waals surface area (Å²) >= 11 is 2.80. The van der Waals surface area contributed by atoms with Crippen molar-refractivity contribution in [2.45, 2.75) is 82.6 Å². The van der Waals surface area contributed by atoms with E-state index in [-0.39, 0.29) is 6.10 Å². The predicted octanol–water partition coefficient (Wildman–Crippen LogP) is 5.88. The normalized spacial score (nSPS) is 20.3. The summed E-state index contributed by atoms with van der Waals surface area (Å²) in [5, 5.41) is 13.5. The summed E-state index contributed by atoms with van der Waals surface area (Å²) in [6, 6.07) is 9.80. The van der Waals surface area contributed by atoms with E-state index in [1.165, 1.54) is 39.3 Å². The number of carbonyl (C=O) groups is 2. The summed E-state index contributed by atoms with van der Waals surface area (Å²) in [5.74, 6) is -0.571. The van der Waals surface area contributed by atoms with Crippen LogP contribution in [0.4, 0.5) is 0 Å². The van der Waals surface area contributed by atoms with E-state index in [0.29, 0.717) is 15.8 Å². The molecular weight excluding hydrogens is 555 g/mol. The van der Waals surface area contributed by atoms with Crippen LogP contribution in [0.3, 0.4) is 0 Å². The number of aliphatic hydroxyl groups is 1. The Balaban J connectivity index is 1.03. The molecule has 0 unspecified atom stereocenters. The van der Waals surface area contributed by atoms with Gasteiger partial charge < -0.3 is 19.3 Å². The minimum atomic E-state index is -1.76. The van der Waals surface area contributed by atoms with Crippen molar-refractivity contribution in [3.63, 3.8) is 0 Å². The second kappa shape index (κ2) is 11.8. The van der Waals surface area contributed by atoms with Crippen LogP contribution < -0.4 is 0 Å². The van der Waals surface area contributed by atoms with E-state index < -0.39 is 11.6 Å². The van der Waals surface area contributed by atoms with Crippen molar-refractivity contribution in [3.05, 3.63) is 73.4 Å². The first kappa shape index (κ1) is 28.3. The predicted molar refractivity (Wildman–Crippen MR) is 163 cm³/mol. The molecule has 0 bridgehead atoms. The van der Waals surface area contributed by atoms with Crippen LogP contribution in [0, 0.1) is 6.92 Å². The van der Waals surface area contributed by atoms with Gasteiger partial charge in [0.05, 0.1) is 27.1 Å². The number of imidazole rings is 1. The number of hydrogen-bond donors (Lipinski definition) is 1. The van der Waals surface area contributed by atoms with E-state index in [1.54, 1.807) is 6.07 Å². The number of carbonyl (C=O) groups excluding carboxylic acids is 2. The van der Waals surface area contributed by atoms with E-state index in [2.05, 4.69) is 21.5 Å². The van der Waals surface area contributed by atoms with Gasteiger partial charge in [-0.25, -0.2) is 9.78 Å². The third kappa shape index (κ3) is 5.41. The Hall–Kier alpha value is -2.85. The molecule has 0 aliphatic heterocycles. The van der Waals surface area contributed by atoms with Crippen LogP contribution in [-0.2, 0) is 34.5 Å². The lowest BCUT2D eigenvalue weighted by atomic mass is 9.91. The summed E-state index contributed by atoms with van der Waals surface area (Å²) < 4.78 is 8.24. The molecule has 1 saturated carbocycles. The minimum Gasteiger partial charge on any atom is -0.460 e. The van der Waals surface area contributed by atoms with Crippen LogP contribution >= 0.6 is 22.7 Å². The topological polar surface area (TPSA) is 84.7 Å². The smallest absolute Gasteiger partial charge is 0.349 e. The molecule has 7 nitrogen and oxygen atoms in total. The fourth-order valence-corrected chi connectivity index (χ4v) is 8.46. The van der Waals surface area contributed by atoms with E-state index in [9.17, 15) is 14.7 Å². The minimum absolute atomic E-state index is 0.185. The average Bonchev–Trinajstić information content (AvgIpc) is 3.79. The third-order valence-corrected chi connectivity index (χ3v) is 10.9. The second-order valence-electron chi connectivity index (χ2n) is 11.5. The lowest BCUT2D eigenvalue weighted by Crippen LogP contribution is -2.42. The zero-order valence-electron chi connectivity index (χ0n) is 23.7. The summed E-state index contributed by atoms with van der Waals surface area (Å²) in [5.41, 5.74) is 3.69. The average molecular weight is 592 g/mol.